The molecule has 1 N–H and O–H groups in total. The average Bonchev–Trinajstić information content (AvgIpc) is 3.19. The molecule has 2 aliphatic rings. The standard InChI is InChI=1S/C22H16N2O5/c25-19(23-14-7-8-17-18(11-14)29-12-28-17)9-10-24-21(26)15-5-1-3-13-4-2-6-16(20(13)15)22(24)27/h1-8,11H,9-10,12H2,(H,23,25). The predicted molar refractivity (Wildman–Crippen MR) is 105 cm³/mol. The minimum atomic E-state index is -0.379. The molecule has 0 unspecified atom stereocenters. The highest BCUT2D eigenvalue weighted by Gasteiger charge is 2.32. The Morgan fingerprint density at radius 3 is 2.34 bits per heavy atom. The van der Waals surface area contributed by atoms with E-state index in [2.05, 4.69) is 5.32 Å². The van der Waals surface area contributed by atoms with Gasteiger partial charge in [-0.3, -0.25) is 19.3 Å². The van der Waals surface area contributed by atoms with Crippen LogP contribution in [0.4, 0.5) is 5.69 Å². The molecule has 7 nitrogen and oxygen atoms in total. The van der Waals surface area contributed by atoms with Crippen molar-refractivity contribution in [1.29, 1.82) is 0 Å². The number of hydrogen-bond donors (Lipinski definition) is 1. The van der Waals surface area contributed by atoms with E-state index >= 15 is 0 Å². The van der Waals surface area contributed by atoms with Gasteiger partial charge < -0.3 is 14.8 Å². The largest absolute Gasteiger partial charge is 0.454 e. The summed E-state index contributed by atoms with van der Waals surface area (Å²) in [6.45, 7) is 0.152. The van der Waals surface area contributed by atoms with E-state index in [0.29, 0.717) is 33.7 Å². The number of anilines is 1. The molecule has 29 heavy (non-hydrogen) atoms. The predicted octanol–water partition coefficient (Wildman–Crippen LogP) is 3.19. The Kier molecular flexibility index (Phi) is 3.94. The first kappa shape index (κ1) is 17.2. The van der Waals surface area contributed by atoms with Gasteiger partial charge in [0.1, 0.15) is 0 Å². The number of benzene rings is 3. The number of carbonyl (C=O) groups excluding carboxylic acids is 3. The third-order valence-corrected chi connectivity index (χ3v) is 5.07. The van der Waals surface area contributed by atoms with E-state index in [1.807, 2.05) is 12.1 Å². The Balaban J connectivity index is 1.31. The zero-order valence-corrected chi connectivity index (χ0v) is 15.3. The van der Waals surface area contributed by atoms with Gasteiger partial charge in [-0.25, -0.2) is 0 Å². The number of hydrogen-bond acceptors (Lipinski definition) is 5. The molecular formula is C22H16N2O5. The third-order valence-electron chi connectivity index (χ3n) is 5.07. The van der Waals surface area contributed by atoms with Gasteiger partial charge in [-0.1, -0.05) is 24.3 Å². The fraction of sp³-hybridized carbons (Fsp3) is 0.136. The summed E-state index contributed by atoms with van der Waals surface area (Å²) in [6, 6.07) is 15.8. The zero-order valence-electron chi connectivity index (χ0n) is 15.3. The van der Waals surface area contributed by atoms with Crippen LogP contribution in [0.3, 0.4) is 0 Å². The van der Waals surface area contributed by atoms with Crippen LogP contribution in [0.1, 0.15) is 27.1 Å². The summed E-state index contributed by atoms with van der Waals surface area (Å²) in [4.78, 5) is 39.2. The number of ether oxygens (including phenoxy) is 2. The van der Waals surface area contributed by atoms with Crippen molar-refractivity contribution in [3.8, 4) is 11.5 Å². The van der Waals surface area contributed by atoms with Gasteiger partial charge in [-0.2, -0.15) is 0 Å². The van der Waals surface area contributed by atoms with Crippen LogP contribution in [0, 0.1) is 0 Å². The molecule has 0 fully saturated rings. The van der Waals surface area contributed by atoms with Crippen molar-refractivity contribution in [2.24, 2.45) is 0 Å². The first-order valence-corrected chi connectivity index (χ1v) is 9.19. The van der Waals surface area contributed by atoms with Crippen molar-refractivity contribution >= 4 is 34.2 Å². The fourth-order valence-electron chi connectivity index (χ4n) is 3.69. The van der Waals surface area contributed by atoms with Crippen LogP contribution in [-0.4, -0.2) is 36.0 Å². The lowest BCUT2D eigenvalue weighted by molar-refractivity contribution is -0.116. The normalized spacial score (nSPS) is 14.4. The minimum Gasteiger partial charge on any atom is -0.454 e. The Bertz CT molecular complexity index is 1140. The third kappa shape index (κ3) is 2.87. The quantitative estimate of drug-likeness (QED) is 0.694. The first-order chi connectivity index (χ1) is 14.1. The number of imide groups is 1. The Hall–Kier alpha value is -3.87. The molecule has 0 saturated heterocycles. The molecule has 0 atom stereocenters. The van der Waals surface area contributed by atoms with Crippen molar-refractivity contribution in [3.05, 3.63) is 65.7 Å². The summed E-state index contributed by atoms with van der Waals surface area (Å²) in [5.74, 6) is 0.126. The van der Waals surface area contributed by atoms with E-state index in [0.717, 1.165) is 10.3 Å². The SMILES string of the molecule is O=C(CCN1C(=O)c2cccc3cccc(c23)C1=O)Nc1ccc2c(c1)OCO2. The molecule has 0 radical (unpaired) electrons. The van der Waals surface area contributed by atoms with E-state index in [1.165, 1.54) is 0 Å². The lowest BCUT2D eigenvalue weighted by atomic mass is 9.94. The van der Waals surface area contributed by atoms with Gasteiger partial charge in [0.2, 0.25) is 12.7 Å². The maximum Gasteiger partial charge on any atom is 0.261 e. The summed E-state index contributed by atoms with van der Waals surface area (Å²) in [6.07, 6.45) is -0.00986. The second-order valence-corrected chi connectivity index (χ2v) is 6.84. The summed E-state index contributed by atoms with van der Waals surface area (Å²) < 4.78 is 10.5. The molecule has 0 aliphatic carbocycles. The fourth-order valence-corrected chi connectivity index (χ4v) is 3.69. The van der Waals surface area contributed by atoms with Crippen LogP contribution in [0.5, 0.6) is 11.5 Å². The number of carbonyl (C=O) groups is 3. The number of nitrogens with zero attached hydrogens (tertiary/aromatic N) is 1. The molecule has 3 amide bonds. The Labute approximate surface area is 165 Å². The topological polar surface area (TPSA) is 84.9 Å². The molecule has 3 aromatic carbocycles. The monoisotopic (exact) mass is 388 g/mol. The molecule has 3 aromatic rings. The van der Waals surface area contributed by atoms with E-state index in [1.54, 1.807) is 42.5 Å². The summed E-state index contributed by atoms with van der Waals surface area (Å²) in [5.41, 5.74) is 1.52. The molecule has 0 aromatic heterocycles. The zero-order chi connectivity index (χ0) is 20.0. The first-order valence-electron chi connectivity index (χ1n) is 9.19. The van der Waals surface area contributed by atoms with Crippen molar-refractivity contribution in [2.45, 2.75) is 6.42 Å². The molecule has 0 saturated carbocycles. The Morgan fingerprint density at radius 2 is 1.62 bits per heavy atom. The number of rotatable bonds is 4. The number of amides is 3. The van der Waals surface area contributed by atoms with Crippen molar-refractivity contribution in [1.82, 2.24) is 4.90 Å². The van der Waals surface area contributed by atoms with Gasteiger partial charge in [0.15, 0.2) is 11.5 Å². The van der Waals surface area contributed by atoms with Gasteiger partial charge in [-0.05, 0) is 29.7 Å². The van der Waals surface area contributed by atoms with Crippen molar-refractivity contribution in [2.75, 3.05) is 18.7 Å². The minimum absolute atomic E-state index is 0.00122. The molecule has 7 heteroatoms. The maximum atomic E-state index is 12.9. The van der Waals surface area contributed by atoms with Crippen LogP contribution in [0.25, 0.3) is 10.8 Å². The second-order valence-electron chi connectivity index (χ2n) is 6.84. The summed E-state index contributed by atoms with van der Waals surface area (Å²) in [7, 11) is 0. The lowest BCUT2D eigenvalue weighted by Crippen LogP contribution is -2.41. The molecule has 0 bridgehead atoms. The van der Waals surface area contributed by atoms with Crippen LogP contribution in [0.15, 0.2) is 54.6 Å². The van der Waals surface area contributed by atoms with Crippen LogP contribution in [0.2, 0.25) is 0 Å². The van der Waals surface area contributed by atoms with E-state index in [4.69, 9.17) is 9.47 Å². The highest BCUT2D eigenvalue weighted by Crippen LogP contribution is 2.34. The van der Waals surface area contributed by atoms with Gasteiger partial charge in [0, 0.05) is 41.2 Å². The van der Waals surface area contributed by atoms with Crippen LogP contribution in [-0.2, 0) is 4.79 Å². The lowest BCUT2D eigenvalue weighted by Gasteiger charge is -2.27. The van der Waals surface area contributed by atoms with E-state index < -0.39 is 0 Å². The summed E-state index contributed by atoms with van der Waals surface area (Å²) in [5, 5.41) is 4.28. The smallest absolute Gasteiger partial charge is 0.261 e. The summed E-state index contributed by atoms with van der Waals surface area (Å²) >= 11 is 0. The molecule has 144 valence electrons. The van der Waals surface area contributed by atoms with E-state index in [9.17, 15) is 14.4 Å². The Morgan fingerprint density at radius 1 is 0.931 bits per heavy atom. The van der Waals surface area contributed by atoms with Crippen LogP contribution < -0.4 is 14.8 Å². The molecule has 2 aliphatic heterocycles. The van der Waals surface area contributed by atoms with E-state index in [-0.39, 0.29) is 37.5 Å². The van der Waals surface area contributed by atoms with Gasteiger partial charge in [0.25, 0.3) is 11.8 Å². The second kappa shape index (κ2) is 6.63. The van der Waals surface area contributed by atoms with Gasteiger partial charge >= 0.3 is 0 Å². The molecule has 0 spiro atoms. The van der Waals surface area contributed by atoms with Crippen molar-refractivity contribution in [3.63, 3.8) is 0 Å². The van der Waals surface area contributed by atoms with Gasteiger partial charge in [0.05, 0.1) is 0 Å². The highest BCUT2D eigenvalue weighted by atomic mass is 16.7. The molecule has 5 rings (SSSR count). The van der Waals surface area contributed by atoms with Gasteiger partial charge in [-0.15, -0.1) is 0 Å². The van der Waals surface area contributed by atoms with Crippen molar-refractivity contribution < 1.29 is 23.9 Å². The molecular weight excluding hydrogens is 372 g/mol. The van der Waals surface area contributed by atoms with Crippen LogP contribution >= 0.6 is 0 Å². The average molecular weight is 388 g/mol. The number of nitrogens with one attached hydrogen (secondary N) is 1. The maximum absolute atomic E-state index is 12.9. The molecule has 2 heterocycles. The number of fused-ring (bicyclic) bond motifs is 1. The highest BCUT2D eigenvalue weighted by molar-refractivity contribution is 6.25.